The van der Waals surface area contributed by atoms with E-state index in [1.807, 2.05) is 0 Å². The van der Waals surface area contributed by atoms with Crippen molar-refractivity contribution in [2.24, 2.45) is 0 Å². The SMILES string of the molecule is CCN(CC)S(=O)(=O)c1ccc(C(=O)NCCCNC(C)(C)C)cc1. The third-order valence-corrected chi connectivity index (χ3v) is 5.82. The van der Waals surface area contributed by atoms with Crippen LogP contribution in [0.15, 0.2) is 29.2 Å². The average Bonchev–Trinajstić information content (AvgIpc) is 2.54. The second-order valence-electron chi connectivity index (χ2n) is 6.90. The standard InChI is InChI=1S/C18H31N3O3S/c1-6-21(7-2)25(23,24)16-11-9-15(10-12-16)17(22)19-13-8-14-20-18(3,4)5/h9-12,20H,6-8,13-14H2,1-5H3,(H,19,22). The van der Waals surface area contributed by atoms with Crippen molar-refractivity contribution in [2.45, 2.75) is 51.5 Å². The Hall–Kier alpha value is -1.44. The van der Waals surface area contributed by atoms with E-state index in [0.717, 1.165) is 13.0 Å². The first-order valence-corrected chi connectivity index (χ1v) is 10.2. The van der Waals surface area contributed by atoms with Crippen molar-refractivity contribution in [3.63, 3.8) is 0 Å². The fourth-order valence-corrected chi connectivity index (χ4v) is 3.80. The number of amides is 1. The highest BCUT2D eigenvalue weighted by atomic mass is 32.2. The maximum atomic E-state index is 12.4. The normalized spacial score (nSPS) is 12.4. The van der Waals surface area contributed by atoms with Gasteiger partial charge in [-0.2, -0.15) is 4.31 Å². The Morgan fingerprint density at radius 1 is 1.04 bits per heavy atom. The van der Waals surface area contributed by atoms with Crippen LogP contribution in [-0.2, 0) is 10.0 Å². The van der Waals surface area contributed by atoms with E-state index < -0.39 is 10.0 Å². The van der Waals surface area contributed by atoms with E-state index in [9.17, 15) is 13.2 Å². The molecule has 1 aromatic carbocycles. The molecular weight excluding hydrogens is 338 g/mol. The highest BCUT2D eigenvalue weighted by Crippen LogP contribution is 2.16. The number of hydrogen-bond donors (Lipinski definition) is 2. The van der Waals surface area contributed by atoms with Gasteiger partial charge in [-0.1, -0.05) is 13.8 Å². The Kier molecular flexibility index (Phi) is 8.05. The van der Waals surface area contributed by atoms with Crippen LogP contribution in [0, 0.1) is 0 Å². The Morgan fingerprint density at radius 2 is 1.60 bits per heavy atom. The van der Waals surface area contributed by atoms with Crippen LogP contribution in [0.2, 0.25) is 0 Å². The quantitative estimate of drug-likeness (QED) is 0.654. The molecule has 0 fully saturated rings. The number of sulfonamides is 1. The Balaban J connectivity index is 2.60. The fraction of sp³-hybridized carbons (Fsp3) is 0.611. The summed E-state index contributed by atoms with van der Waals surface area (Å²) in [5.74, 6) is -0.192. The molecule has 1 amide bonds. The highest BCUT2D eigenvalue weighted by molar-refractivity contribution is 7.89. The van der Waals surface area contributed by atoms with Gasteiger partial charge in [0, 0.05) is 30.7 Å². The van der Waals surface area contributed by atoms with Crippen LogP contribution in [-0.4, -0.2) is 50.3 Å². The molecule has 6 nitrogen and oxygen atoms in total. The summed E-state index contributed by atoms with van der Waals surface area (Å²) in [6, 6.07) is 6.09. The smallest absolute Gasteiger partial charge is 0.251 e. The fourth-order valence-electron chi connectivity index (χ4n) is 2.35. The molecule has 0 radical (unpaired) electrons. The zero-order chi connectivity index (χ0) is 19.1. The van der Waals surface area contributed by atoms with Crippen molar-refractivity contribution in [3.8, 4) is 0 Å². The minimum atomic E-state index is -3.49. The van der Waals surface area contributed by atoms with Crippen LogP contribution >= 0.6 is 0 Å². The van der Waals surface area contributed by atoms with Crippen molar-refractivity contribution in [3.05, 3.63) is 29.8 Å². The summed E-state index contributed by atoms with van der Waals surface area (Å²) in [5.41, 5.74) is 0.526. The maximum Gasteiger partial charge on any atom is 0.251 e. The van der Waals surface area contributed by atoms with Crippen molar-refractivity contribution in [2.75, 3.05) is 26.2 Å². The number of rotatable bonds is 9. The van der Waals surface area contributed by atoms with Crippen LogP contribution < -0.4 is 10.6 Å². The van der Waals surface area contributed by atoms with E-state index >= 15 is 0 Å². The molecule has 7 heteroatoms. The molecule has 142 valence electrons. The van der Waals surface area contributed by atoms with E-state index in [0.29, 0.717) is 25.2 Å². The lowest BCUT2D eigenvalue weighted by atomic mass is 10.1. The van der Waals surface area contributed by atoms with Crippen LogP contribution in [0.3, 0.4) is 0 Å². The van der Waals surface area contributed by atoms with Gasteiger partial charge in [0.1, 0.15) is 0 Å². The molecule has 0 heterocycles. The molecule has 0 saturated carbocycles. The van der Waals surface area contributed by atoms with Gasteiger partial charge in [-0.05, 0) is 58.0 Å². The van der Waals surface area contributed by atoms with E-state index in [1.54, 1.807) is 26.0 Å². The molecule has 0 saturated heterocycles. The number of carbonyl (C=O) groups excluding carboxylic acids is 1. The van der Waals surface area contributed by atoms with Gasteiger partial charge >= 0.3 is 0 Å². The van der Waals surface area contributed by atoms with E-state index in [-0.39, 0.29) is 16.3 Å². The second-order valence-corrected chi connectivity index (χ2v) is 8.84. The molecule has 0 aliphatic carbocycles. The summed E-state index contributed by atoms with van der Waals surface area (Å²) in [4.78, 5) is 12.3. The maximum absolute atomic E-state index is 12.4. The van der Waals surface area contributed by atoms with Gasteiger partial charge in [0.15, 0.2) is 0 Å². The van der Waals surface area contributed by atoms with Gasteiger partial charge in [0.05, 0.1) is 4.90 Å². The van der Waals surface area contributed by atoms with Crippen LogP contribution in [0.1, 0.15) is 51.4 Å². The average molecular weight is 370 g/mol. The predicted octanol–water partition coefficient (Wildman–Crippen LogP) is 2.23. The van der Waals surface area contributed by atoms with E-state index in [4.69, 9.17) is 0 Å². The number of carbonyl (C=O) groups is 1. The largest absolute Gasteiger partial charge is 0.352 e. The highest BCUT2D eigenvalue weighted by Gasteiger charge is 2.21. The number of nitrogens with zero attached hydrogens (tertiary/aromatic N) is 1. The lowest BCUT2D eigenvalue weighted by Crippen LogP contribution is -2.37. The van der Waals surface area contributed by atoms with Gasteiger partial charge in [-0.3, -0.25) is 4.79 Å². The molecular formula is C18H31N3O3S. The molecule has 0 bridgehead atoms. The molecule has 2 N–H and O–H groups in total. The summed E-state index contributed by atoms with van der Waals surface area (Å²) in [6.07, 6.45) is 0.831. The topological polar surface area (TPSA) is 78.5 Å². The number of nitrogens with one attached hydrogen (secondary N) is 2. The monoisotopic (exact) mass is 369 g/mol. The van der Waals surface area contributed by atoms with Gasteiger partial charge in [-0.25, -0.2) is 8.42 Å². The molecule has 0 aliphatic rings. The lowest BCUT2D eigenvalue weighted by Gasteiger charge is -2.20. The molecule has 25 heavy (non-hydrogen) atoms. The molecule has 0 aliphatic heterocycles. The summed E-state index contributed by atoms with van der Waals surface area (Å²) in [5, 5.41) is 6.21. The predicted molar refractivity (Wildman–Crippen MR) is 101 cm³/mol. The van der Waals surface area contributed by atoms with Crippen molar-refractivity contribution in [1.82, 2.24) is 14.9 Å². The molecule has 1 aromatic rings. The van der Waals surface area contributed by atoms with Crippen LogP contribution in [0.5, 0.6) is 0 Å². The Morgan fingerprint density at radius 3 is 2.08 bits per heavy atom. The van der Waals surface area contributed by atoms with Gasteiger partial charge in [0.25, 0.3) is 5.91 Å². The Labute approximate surface area is 152 Å². The zero-order valence-electron chi connectivity index (χ0n) is 15.9. The molecule has 0 atom stereocenters. The van der Waals surface area contributed by atoms with Crippen LogP contribution in [0.4, 0.5) is 0 Å². The first kappa shape index (κ1) is 21.6. The minimum Gasteiger partial charge on any atom is -0.352 e. The van der Waals surface area contributed by atoms with Gasteiger partial charge in [0.2, 0.25) is 10.0 Å². The molecule has 0 aromatic heterocycles. The summed E-state index contributed by atoms with van der Waals surface area (Å²) in [6.45, 7) is 12.1. The molecule has 0 unspecified atom stereocenters. The summed E-state index contributed by atoms with van der Waals surface area (Å²) in [7, 11) is -3.49. The van der Waals surface area contributed by atoms with E-state index in [1.165, 1.54) is 16.4 Å². The number of hydrogen-bond acceptors (Lipinski definition) is 4. The van der Waals surface area contributed by atoms with Crippen molar-refractivity contribution in [1.29, 1.82) is 0 Å². The van der Waals surface area contributed by atoms with Gasteiger partial charge < -0.3 is 10.6 Å². The third-order valence-electron chi connectivity index (χ3n) is 3.75. The molecule has 1 rings (SSSR count). The van der Waals surface area contributed by atoms with Crippen LogP contribution in [0.25, 0.3) is 0 Å². The zero-order valence-corrected chi connectivity index (χ0v) is 16.7. The Bertz CT molecular complexity index is 645. The summed E-state index contributed by atoms with van der Waals surface area (Å²) >= 11 is 0. The lowest BCUT2D eigenvalue weighted by molar-refractivity contribution is 0.0953. The first-order valence-electron chi connectivity index (χ1n) is 8.75. The second kappa shape index (κ2) is 9.31. The summed E-state index contributed by atoms with van der Waals surface area (Å²) < 4.78 is 26.2. The number of benzene rings is 1. The third kappa shape index (κ3) is 6.76. The van der Waals surface area contributed by atoms with Gasteiger partial charge in [-0.15, -0.1) is 0 Å². The van der Waals surface area contributed by atoms with Crippen molar-refractivity contribution < 1.29 is 13.2 Å². The minimum absolute atomic E-state index is 0.0657. The van der Waals surface area contributed by atoms with Crippen molar-refractivity contribution >= 4 is 15.9 Å². The van der Waals surface area contributed by atoms with E-state index in [2.05, 4.69) is 31.4 Å². The molecule has 0 spiro atoms. The first-order chi connectivity index (χ1) is 11.6.